The zero-order valence-electron chi connectivity index (χ0n) is 6.88. The molecule has 0 aromatic carbocycles. The number of hydrogen-bond acceptors (Lipinski definition) is 5. The maximum Gasteiger partial charge on any atom is 0.111 e. The topological polar surface area (TPSA) is 79.2 Å². The molecule has 0 aromatic rings. The van der Waals surface area contributed by atoms with Gasteiger partial charge >= 0.3 is 0 Å². The van der Waals surface area contributed by atoms with Gasteiger partial charge in [0.2, 0.25) is 0 Å². The van der Waals surface area contributed by atoms with Crippen molar-refractivity contribution >= 4 is 0 Å². The number of aliphatic hydroxyl groups excluding tert-OH is 3. The van der Waals surface area contributed by atoms with Crippen molar-refractivity contribution in [2.24, 2.45) is 0 Å². The van der Waals surface area contributed by atoms with Crippen molar-refractivity contribution in [3.05, 3.63) is 0 Å². The number of aliphatic hydroxyl groups is 3. The van der Waals surface area contributed by atoms with Crippen LogP contribution >= 0.6 is 0 Å². The summed E-state index contributed by atoms with van der Waals surface area (Å²) in [7, 11) is 1.48. The second-order valence-electron chi connectivity index (χ2n) is 2.83. The molecule has 1 rings (SSSR count). The van der Waals surface area contributed by atoms with E-state index in [0.717, 1.165) is 0 Å². The van der Waals surface area contributed by atoms with E-state index in [9.17, 15) is 10.2 Å². The Bertz CT molecular complexity index is 140. The molecule has 0 aliphatic carbocycles. The van der Waals surface area contributed by atoms with E-state index in [1.54, 1.807) is 0 Å². The Kier molecular flexibility index (Phi) is 3.42. The van der Waals surface area contributed by atoms with Crippen LogP contribution in [0.3, 0.4) is 0 Å². The smallest absolute Gasteiger partial charge is 0.111 e. The van der Waals surface area contributed by atoms with Crippen LogP contribution in [0.2, 0.25) is 0 Å². The number of hydrogen-bond donors (Lipinski definition) is 3. The maximum absolute atomic E-state index is 9.32. The molecule has 1 saturated heterocycles. The van der Waals surface area contributed by atoms with Gasteiger partial charge in [0.25, 0.3) is 0 Å². The van der Waals surface area contributed by atoms with Gasteiger partial charge in [-0.25, -0.2) is 0 Å². The Morgan fingerprint density at radius 1 is 1.25 bits per heavy atom. The van der Waals surface area contributed by atoms with Gasteiger partial charge in [0.1, 0.15) is 24.4 Å². The van der Waals surface area contributed by atoms with Crippen molar-refractivity contribution in [2.75, 3.05) is 20.3 Å². The molecule has 0 radical (unpaired) electrons. The molecule has 1 heterocycles. The van der Waals surface area contributed by atoms with E-state index in [4.69, 9.17) is 14.6 Å². The minimum absolute atomic E-state index is 0.217. The van der Waals surface area contributed by atoms with Crippen molar-refractivity contribution in [1.29, 1.82) is 0 Å². The van der Waals surface area contributed by atoms with Gasteiger partial charge in [-0.3, -0.25) is 0 Å². The molecule has 4 atom stereocenters. The van der Waals surface area contributed by atoms with Crippen LogP contribution in [0.5, 0.6) is 0 Å². The summed E-state index contributed by atoms with van der Waals surface area (Å²) in [5, 5.41) is 27.3. The summed E-state index contributed by atoms with van der Waals surface area (Å²) >= 11 is 0. The quantitative estimate of drug-likeness (QED) is 0.471. The molecule has 1 aliphatic rings. The highest BCUT2D eigenvalue weighted by atomic mass is 16.6. The third kappa shape index (κ3) is 1.75. The van der Waals surface area contributed by atoms with Crippen LogP contribution in [0.4, 0.5) is 0 Å². The molecule has 12 heavy (non-hydrogen) atoms. The minimum atomic E-state index is -1.02. The third-order valence-electron chi connectivity index (χ3n) is 1.97. The second-order valence-corrected chi connectivity index (χ2v) is 2.83. The molecular weight excluding hydrogens is 164 g/mol. The average molecular weight is 178 g/mol. The summed E-state index contributed by atoms with van der Waals surface area (Å²) in [6.45, 7) is -0.0762. The minimum Gasteiger partial charge on any atom is -0.394 e. The highest BCUT2D eigenvalue weighted by Gasteiger charge is 2.41. The van der Waals surface area contributed by atoms with Crippen molar-refractivity contribution in [2.45, 2.75) is 24.4 Å². The van der Waals surface area contributed by atoms with E-state index in [1.807, 2.05) is 0 Å². The molecule has 72 valence electrons. The van der Waals surface area contributed by atoms with Crippen molar-refractivity contribution in [3.63, 3.8) is 0 Å². The van der Waals surface area contributed by atoms with Crippen LogP contribution in [-0.2, 0) is 9.47 Å². The zero-order chi connectivity index (χ0) is 9.14. The molecule has 5 nitrogen and oxygen atoms in total. The van der Waals surface area contributed by atoms with Crippen LogP contribution in [-0.4, -0.2) is 60.1 Å². The normalized spacial score (nSPS) is 42.0. The molecule has 0 amide bonds. The Hall–Kier alpha value is -0.200. The fourth-order valence-corrected chi connectivity index (χ4v) is 1.28. The molecule has 3 N–H and O–H groups in total. The molecule has 0 aromatic heterocycles. The van der Waals surface area contributed by atoms with E-state index >= 15 is 0 Å². The summed E-state index contributed by atoms with van der Waals surface area (Å²) in [5.41, 5.74) is 0. The Morgan fingerprint density at radius 3 is 2.25 bits per heavy atom. The van der Waals surface area contributed by atoms with Gasteiger partial charge in [0, 0.05) is 7.11 Å². The van der Waals surface area contributed by atoms with Gasteiger partial charge in [0.05, 0.1) is 13.2 Å². The first-order valence-corrected chi connectivity index (χ1v) is 3.82. The van der Waals surface area contributed by atoms with E-state index in [2.05, 4.69) is 0 Å². The summed E-state index contributed by atoms with van der Waals surface area (Å²) < 4.78 is 9.86. The lowest BCUT2D eigenvalue weighted by Gasteiger charge is -2.12. The van der Waals surface area contributed by atoms with E-state index in [-0.39, 0.29) is 13.2 Å². The summed E-state index contributed by atoms with van der Waals surface area (Å²) in [5.74, 6) is 0. The van der Waals surface area contributed by atoms with Gasteiger partial charge in [-0.2, -0.15) is 0 Å². The highest BCUT2D eigenvalue weighted by Crippen LogP contribution is 2.20. The van der Waals surface area contributed by atoms with Gasteiger partial charge in [-0.05, 0) is 0 Å². The first kappa shape index (κ1) is 9.88. The van der Waals surface area contributed by atoms with E-state index in [0.29, 0.717) is 0 Å². The predicted octanol–water partition coefficient (Wildman–Crippen LogP) is -1.89. The second kappa shape index (κ2) is 4.15. The Labute approximate surface area is 70.5 Å². The molecule has 0 spiro atoms. The molecular formula is C7H14O5. The van der Waals surface area contributed by atoms with Gasteiger partial charge in [0.15, 0.2) is 0 Å². The molecule has 1 aliphatic heterocycles. The lowest BCUT2D eigenvalue weighted by Crippen LogP contribution is -2.35. The number of methoxy groups -OCH3 is 1. The lowest BCUT2D eigenvalue weighted by atomic mass is 10.1. The first-order valence-electron chi connectivity index (χ1n) is 3.82. The molecule has 0 saturated carbocycles. The Morgan fingerprint density at radius 2 is 1.83 bits per heavy atom. The van der Waals surface area contributed by atoms with Crippen molar-refractivity contribution in [3.8, 4) is 0 Å². The number of rotatable bonds is 3. The van der Waals surface area contributed by atoms with Crippen molar-refractivity contribution in [1.82, 2.24) is 0 Å². The lowest BCUT2D eigenvalue weighted by molar-refractivity contribution is -0.0473. The van der Waals surface area contributed by atoms with Crippen LogP contribution < -0.4 is 0 Å². The third-order valence-corrected chi connectivity index (χ3v) is 1.97. The molecule has 1 fully saturated rings. The average Bonchev–Trinajstić information content (AvgIpc) is 2.33. The van der Waals surface area contributed by atoms with Gasteiger partial charge in [-0.1, -0.05) is 0 Å². The molecule has 5 heteroatoms. The fraction of sp³-hybridized carbons (Fsp3) is 1.00. The van der Waals surface area contributed by atoms with Gasteiger partial charge < -0.3 is 24.8 Å². The van der Waals surface area contributed by atoms with E-state index in [1.165, 1.54) is 7.11 Å². The predicted molar refractivity (Wildman–Crippen MR) is 39.6 cm³/mol. The largest absolute Gasteiger partial charge is 0.394 e. The molecule has 1 unspecified atom stereocenters. The van der Waals surface area contributed by atoms with Crippen LogP contribution in [0.15, 0.2) is 0 Å². The Balaban J connectivity index is 2.48. The van der Waals surface area contributed by atoms with Crippen LogP contribution in [0.1, 0.15) is 0 Å². The van der Waals surface area contributed by atoms with Gasteiger partial charge in [-0.15, -0.1) is 0 Å². The van der Waals surface area contributed by atoms with Crippen LogP contribution in [0.25, 0.3) is 0 Å². The van der Waals surface area contributed by atoms with Crippen LogP contribution in [0, 0.1) is 0 Å². The molecule has 0 bridgehead atoms. The first-order chi connectivity index (χ1) is 5.70. The summed E-state index contributed by atoms with van der Waals surface area (Å²) in [6, 6.07) is 0. The van der Waals surface area contributed by atoms with Crippen molar-refractivity contribution < 1.29 is 24.8 Å². The number of ether oxygens (including phenoxy) is 2. The monoisotopic (exact) mass is 178 g/mol. The highest BCUT2D eigenvalue weighted by molar-refractivity contribution is 4.89. The SMILES string of the molecule is COC[C@H]1OC(CO)[C@@H](O)[C@@H]1O. The van der Waals surface area contributed by atoms with E-state index < -0.39 is 24.4 Å². The standard InChI is InChI=1S/C7H14O5/c1-11-3-5-7(10)6(9)4(2-8)12-5/h4-10H,2-3H2,1H3/t4?,5-,6-,7-/m1/s1. The maximum atomic E-state index is 9.32. The fourth-order valence-electron chi connectivity index (χ4n) is 1.28. The zero-order valence-corrected chi connectivity index (χ0v) is 6.88. The summed E-state index contributed by atoms with van der Waals surface area (Å²) in [4.78, 5) is 0. The summed E-state index contributed by atoms with van der Waals surface area (Å²) in [6.07, 6.45) is -3.22.